The molecule has 152 valence electrons. The molecular formula is C21H27NO6. The molecule has 1 unspecified atom stereocenters. The highest BCUT2D eigenvalue weighted by molar-refractivity contribution is 5.70. The second-order valence-corrected chi connectivity index (χ2v) is 8.06. The van der Waals surface area contributed by atoms with Crippen LogP contribution < -0.4 is 9.47 Å². The minimum absolute atomic E-state index is 0.0490. The smallest absolute Gasteiger partial charge is 0.308 e. The third-order valence-corrected chi connectivity index (χ3v) is 5.91. The second-order valence-electron chi connectivity index (χ2n) is 8.06. The van der Waals surface area contributed by atoms with Crippen LogP contribution in [0.4, 0.5) is 0 Å². The van der Waals surface area contributed by atoms with Crippen LogP contribution >= 0.6 is 0 Å². The number of esters is 1. The molecule has 0 fully saturated rings. The third kappa shape index (κ3) is 2.98. The van der Waals surface area contributed by atoms with Crippen molar-refractivity contribution in [3.8, 4) is 11.5 Å². The van der Waals surface area contributed by atoms with Gasteiger partial charge in [0.25, 0.3) is 0 Å². The molecule has 0 aromatic heterocycles. The van der Waals surface area contributed by atoms with Crippen LogP contribution in [-0.2, 0) is 21.5 Å². The molecule has 7 heteroatoms. The monoisotopic (exact) mass is 389 g/mol. The van der Waals surface area contributed by atoms with Gasteiger partial charge < -0.3 is 24.4 Å². The number of likely N-dealkylation sites (N-methyl/N-ethyl adjacent to an activating group) is 1. The summed E-state index contributed by atoms with van der Waals surface area (Å²) < 4.78 is 17.3. The number of aliphatic hydroxyl groups excluding tert-OH is 2. The quantitative estimate of drug-likeness (QED) is 0.590. The Morgan fingerprint density at radius 3 is 2.96 bits per heavy atom. The normalized spacial score (nSPS) is 32.0. The van der Waals surface area contributed by atoms with Crippen molar-refractivity contribution in [2.75, 3.05) is 20.7 Å². The largest absolute Gasteiger partial charge is 0.493 e. The van der Waals surface area contributed by atoms with E-state index in [1.54, 1.807) is 14.0 Å². The van der Waals surface area contributed by atoms with E-state index in [-0.39, 0.29) is 12.5 Å². The number of methoxy groups -OCH3 is 1. The molecule has 0 saturated carbocycles. The lowest BCUT2D eigenvalue weighted by Crippen LogP contribution is -2.52. The number of β-amino-alcohol motifs (C(OH)–C–C–N with tert-alkyl or cyclic N) is 1. The molecule has 28 heavy (non-hydrogen) atoms. The Bertz CT molecular complexity index is 806. The molecule has 0 bridgehead atoms. The summed E-state index contributed by atoms with van der Waals surface area (Å²) in [4.78, 5) is 14.1. The molecule has 1 aromatic carbocycles. The predicted octanol–water partition coefficient (Wildman–Crippen LogP) is 1.14. The van der Waals surface area contributed by atoms with Gasteiger partial charge in [0.2, 0.25) is 0 Å². The van der Waals surface area contributed by atoms with Crippen LogP contribution in [0.25, 0.3) is 0 Å². The molecule has 1 spiro atoms. The number of nitrogens with zero attached hydrogens (tertiary/aromatic N) is 1. The SMILES string of the molecule is COc1ccc2c3c1O[C@H]1C[C@@H](OC(=O)CC(C)O)C=C[C@@]31[C@H](O)CN(C)C2. The minimum atomic E-state index is -0.746. The van der Waals surface area contributed by atoms with Crippen molar-refractivity contribution >= 4 is 5.97 Å². The van der Waals surface area contributed by atoms with Gasteiger partial charge in [-0.05, 0) is 31.7 Å². The Hall–Kier alpha value is -2.09. The van der Waals surface area contributed by atoms with E-state index in [0.29, 0.717) is 31.0 Å². The Labute approximate surface area is 164 Å². The summed E-state index contributed by atoms with van der Waals surface area (Å²) in [6, 6.07) is 3.93. The zero-order chi connectivity index (χ0) is 20.1. The van der Waals surface area contributed by atoms with Gasteiger partial charge in [-0.3, -0.25) is 9.69 Å². The first-order valence-electron chi connectivity index (χ1n) is 9.65. The fraction of sp³-hybridized carbons (Fsp3) is 0.571. The number of carbonyl (C=O) groups excluding carboxylic acids is 1. The average Bonchev–Trinajstić information content (AvgIpc) is 2.91. The van der Waals surface area contributed by atoms with Crippen LogP contribution in [0.1, 0.15) is 30.9 Å². The first kappa shape index (κ1) is 19.2. The van der Waals surface area contributed by atoms with Crippen LogP contribution in [0.3, 0.4) is 0 Å². The van der Waals surface area contributed by atoms with Crippen molar-refractivity contribution < 1.29 is 29.2 Å². The lowest BCUT2D eigenvalue weighted by atomic mass is 9.67. The molecule has 0 amide bonds. The highest BCUT2D eigenvalue weighted by Crippen LogP contribution is 2.55. The third-order valence-electron chi connectivity index (χ3n) is 5.91. The first-order valence-corrected chi connectivity index (χ1v) is 9.65. The fourth-order valence-electron chi connectivity index (χ4n) is 4.72. The van der Waals surface area contributed by atoms with Gasteiger partial charge in [0.05, 0.1) is 31.2 Å². The number of hydrogen-bond acceptors (Lipinski definition) is 7. The molecule has 0 radical (unpaired) electrons. The number of ether oxygens (including phenoxy) is 3. The van der Waals surface area contributed by atoms with Crippen molar-refractivity contribution in [2.24, 2.45) is 0 Å². The minimum Gasteiger partial charge on any atom is -0.493 e. The maximum absolute atomic E-state index is 12.0. The van der Waals surface area contributed by atoms with Crippen LogP contribution in [0.15, 0.2) is 24.3 Å². The van der Waals surface area contributed by atoms with Crippen LogP contribution in [0.2, 0.25) is 0 Å². The van der Waals surface area contributed by atoms with Crippen LogP contribution in [0.5, 0.6) is 11.5 Å². The van der Waals surface area contributed by atoms with E-state index in [9.17, 15) is 15.0 Å². The topological polar surface area (TPSA) is 88.5 Å². The first-order chi connectivity index (χ1) is 13.3. The maximum atomic E-state index is 12.0. The lowest BCUT2D eigenvalue weighted by Gasteiger charge is -2.40. The molecule has 4 rings (SSSR count). The molecule has 0 saturated heterocycles. The van der Waals surface area contributed by atoms with Crippen molar-refractivity contribution in [3.63, 3.8) is 0 Å². The molecule has 1 aromatic rings. The van der Waals surface area contributed by atoms with Gasteiger partial charge in [-0.2, -0.15) is 0 Å². The molecule has 2 aliphatic heterocycles. The van der Waals surface area contributed by atoms with Crippen molar-refractivity contribution in [3.05, 3.63) is 35.4 Å². The van der Waals surface area contributed by atoms with Gasteiger partial charge in [0.1, 0.15) is 12.2 Å². The number of rotatable bonds is 4. The maximum Gasteiger partial charge on any atom is 0.308 e. The number of aliphatic hydroxyl groups is 2. The van der Waals surface area contributed by atoms with Gasteiger partial charge >= 0.3 is 5.97 Å². The summed E-state index contributed by atoms with van der Waals surface area (Å²) in [6.45, 7) is 2.77. The lowest BCUT2D eigenvalue weighted by molar-refractivity contribution is -0.150. The van der Waals surface area contributed by atoms with Crippen molar-refractivity contribution in [1.82, 2.24) is 4.90 Å². The summed E-state index contributed by atoms with van der Waals surface area (Å²) in [5, 5.41) is 20.6. The van der Waals surface area contributed by atoms with E-state index < -0.39 is 29.7 Å². The van der Waals surface area contributed by atoms with E-state index in [1.807, 2.05) is 31.3 Å². The van der Waals surface area contributed by atoms with Gasteiger partial charge in [-0.25, -0.2) is 0 Å². The molecule has 1 aliphatic carbocycles. The Morgan fingerprint density at radius 2 is 2.25 bits per heavy atom. The average molecular weight is 389 g/mol. The fourth-order valence-corrected chi connectivity index (χ4v) is 4.72. The van der Waals surface area contributed by atoms with Crippen molar-refractivity contribution in [1.29, 1.82) is 0 Å². The molecule has 5 atom stereocenters. The summed E-state index contributed by atoms with van der Waals surface area (Å²) in [6.07, 6.45) is 1.93. The number of hydrogen-bond donors (Lipinski definition) is 2. The van der Waals surface area contributed by atoms with Gasteiger partial charge in [0.15, 0.2) is 11.5 Å². The number of benzene rings is 1. The number of carbonyl (C=O) groups is 1. The van der Waals surface area contributed by atoms with Gasteiger partial charge in [-0.1, -0.05) is 12.1 Å². The molecule has 2 N–H and O–H groups in total. The van der Waals surface area contributed by atoms with E-state index in [1.165, 1.54) is 0 Å². The van der Waals surface area contributed by atoms with Crippen LogP contribution in [-0.4, -0.2) is 66.2 Å². The molecule has 2 heterocycles. The van der Waals surface area contributed by atoms with E-state index in [0.717, 1.165) is 11.1 Å². The summed E-state index contributed by atoms with van der Waals surface area (Å²) in [5.41, 5.74) is 1.38. The second kappa shape index (κ2) is 7.06. The van der Waals surface area contributed by atoms with Gasteiger partial charge in [0, 0.05) is 25.1 Å². The zero-order valence-corrected chi connectivity index (χ0v) is 16.4. The highest BCUT2D eigenvalue weighted by Gasteiger charge is 2.57. The summed E-state index contributed by atoms with van der Waals surface area (Å²) in [5.74, 6) is 0.857. The summed E-state index contributed by atoms with van der Waals surface area (Å²) >= 11 is 0. The Kier molecular flexibility index (Phi) is 4.85. The van der Waals surface area contributed by atoms with E-state index in [2.05, 4.69) is 4.90 Å². The standard InChI is InChI=1S/C21H27NO6/c1-12(23)8-18(25)27-14-6-7-21-16(24)11-22(2)10-13-4-5-15(26-3)20(19(13)21)28-17(21)9-14/h4-7,12,14,16-17,23-24H,8-11H2,1-3H3/t12?,14-,16+,17-,21-/m0/s1. The van der Waals surface area contributed by atoms with Gasteiger partial charge in [-0.15, -0.1) is 0 Å². The molecule has 3 aliphatic rings. The zero-order valence-electron chi connectivity index (χ0n) is 16.4. The Morgan fingerprint density at radius 1 is 1.46 bits per heavy atom. The van der Waals surface area contributed by atoms with E-state index in [4.69, 9.17) is 14.2 Å². The molecular weight excluding hydrogens is 362 g/mol. The highest BCUT2D eigenvalue weighted by atomic mass is 16.6. The summed E-state index contributed by atoms with van der Waals surface area (Å²) in [7, 11) is 3.59. The predicted molar refractivity (Wildman–Crippen MR) is 101 cm³/mol. The van der Waals surface area contributed by atoms with Crippen LogP contribution in [0, 0.1) is 0 Å². The molecule has 7 nitrogen and oxygen atoms in total. The van der Waals surface area contributed by atoms with Crippen molar-refractivity contribution in [2.45, 2.75) is 56.1 Å². The Balaban J connectivity index is 1.72. The van der Waals surface area contributed by atoms with E-state index >= 15 is 0 Å².